The largest absolute Gasteiger partial charge is 0.497 e. The van der Waals surface area contributed by atoms with Crippen molar-refractivity contribution in [3.8, 4) is 5.75 Å². The number of amides is 1. The van der Waals surface area contributed by atoms with Gasteiger partial charge in [0.2, 0.25) is 0 Å². The van der Waals surface area contributed by atoms with Crippen LogP contribution in [-0.2, 0) is 0 Å². The van der Waals surface area contributed by atoms with E-state index in [1.165, 1.54) is 7.11 Å². The Morgan fingerprint density at radius 1 is 1.35 bits per heavy atom. The third-order valence-electron chi connectivity index (χ3n) is 2.77. The molecule has 3 N–H and O–H groups in total. The molecule has 2 rings (SSSR count). The third-order valence-corrected chi connectivity index (χ3v) is 3.61. The highest BCUT2D eigenvalue weighted by atomic mass is 79.9. The molecule has 1 aromatic carbocycles. The lowest BCUT2D eigenvalue weighted by molar-refractivity contribution is 0.102. The number of nitrogen functional groups attached to an aromatic ring is 1. The molecule has 0 fully saturated rings. The molecule has 2 aromatic rings. The second-order valence-electron chi connectivity index (χ2n) is 4.17. The molecule has 0 aliphatic rings. The number of nitrogens with two attached hydrogens (primary N) is 1. The molecule has 1 heterocycles. The van der Waals surface area contributed by atoms with Crippen molar-refractivity contribution in [3.05, 3.63) is 46.1 Å². The normalized spacial score (nSPS) is 10.2. The van der Waals surface area contributed by atoms with Crippen LogP contribution < -0.4 is 15.8 Å². The number of pyridine rings is 1. The monoisotopic (exact) mass is 335 g/mol. The lowest BCUT2D eigenvalue weighted by Gasteiger charge is -2.09. The van der Waals surface area contributed by atoms with Crippen LogP contribution >= 0.6 is 15.9 Å². The topological polar surface area (TPSA) is 77.2 Å². The van der Waals surface area contributed by atoms with Crippen LogP contribution in [0.5, 0.6) is 5.75 Å². The van der Waals surface area contributed by atoms with Gasteiger partial charge in [-0.3, -0.25) is 4.79 Å². The Morgan fingerprint density at radius 3 is 2.75 bits per heavy atom. The van der Waals surface area contributed by atoms with Gasteiger partial charge in [-0.2, -0.15) is 0 Å². The van der Waals surface area contributed by atoms with Crippen LogP contribution in [0.1, 0.15) is 16.1 Å². The summed E-state index contributed by atoms with van der Waals surface area (Å²) in [6.07, 6.45) is 0. The lowest BCUT2D eigenvalue weighted by atomic mass is 10.1. The van der Waals surface area contributed by atoms with Gasteiger partial charge in [-0.1, -0.05) is 0 Å². The molecule has 0 saturated heterocycles. The van der Waals surface area contributed by atoms with Crippen molar-refractivity contribution < 1.29 is 9.53 Å². The van der Waals surface area contributed by atoms with E-state index in [-0.39, 0.29) is 5.91 Å². The number of nitrogens with one attached hydrogen (secondary N) is 1. The van der Waals surface area contributed by atoms with Gasteiger partial charge in [-0.25, -0.2) is 4.98 Å². The number of carbonyl (C=O) groups is 1. The van der Waals surface area contributed by atoms with Crippen molar-refractivity contribution in [2.45, 2.75) is 6.92 Å². The summed E-state index contributed by atoms with van der Waals surface area (Å²) in [4.78, 5) is 16.5. The van der Waals surface area contributed by atoms with Crippen LogP contribution in [-0.4, -0.2) is 18.0 Å². The Bertz CT molecular complexity index is 659. The Kier molecular flexibility index (Phi) is 4.24. The van der Waals surface area contributed by atoms with Crippen molar-refractivity contribution in [1.29, 1.82) is 0 Å². The van der Waals surface area contributed by atoms with E-state index in [4.69, 9.17) is 10.5 Å². The smallest absolute Gasteiger partial charge is 0.259 e. The van der Waals surface area contributed by atoms with Crippen LogP contribution in [0, 0.1) is 6.92 Å². The molecule has 0 radical (unpaired) electrons. The SMILES string of the molecule is COc1ccc(N)c(C(=O)Nc2ccc(Br)c(C)n2)c1. The predicted octanol–water partition coefficient (Wildman–Crippen LogP) is 3.00. The van der Waals surface area contributed by atoms with Crippen LogP contribution in [0.4, 0.5) is 11.5 Å². The van der Waals surface area contributed by atoms with E-state index in [9.17, 15) is 4.79 Å². The van der Waals surface area contributed by atoms with Crippen LogP contribution in [0.2, 0.25) is 0 Å². The molecule has 20 heavy (non-hydrogen) atoms. The van der Waals surface area contributed by atoms with E-state index in [2.05, 4.69) is 26.2 Å². The number of nitrogens with zero attached hydrogens (tertiary/aromatic N) is 1. The van der Waals surface area contributed by atoms with E-state index in [0.29, 0.717) is 22.8 Å². The summed E-state index contributed by atoms with van der Waals surface area (Å²) in [6, 6.07) is 8.47. The van der Waals surface area contributed by atoms with E-state index < -0.39 is 0 Å². The maximum atomic E-state index is 12.2. The number of hydrogen-bond donors (Lipinski definition) is 2. The van der Waals surface area contributed by atoms with Crippen molar-refractivity contribution in [2.75, 3.05) is 18.2 Å². The average molecular weight is 336 g/mol. The fourth-order valence-electron chi connectivity index (χ4n) is 1.66. The summed E-state index contributed by atoms with van der Waals surface area (Å²) in [5, 5.41) is 2.71. The molecular formula is C14H14BrN3O2. The first kappa shape index (κ1) is 14.3. The fraction of sp³-hybridized carbons (Fsp3) is 0.143. The number of hydrogen-bond acceptors (Lipinski definition) is 4. The minimum Gasteiger partial charge on any atom is -0.497 e. The molecule has 0 saturated carbocycles. The highest BCUT2D eigenvalue weighted by Crippen LogP contribution is 2.21. The molecule has 6 heteroatoms. The summed E-state index contributed by atoms with van der Waals surface area (Å²) < 4.78 is 5.97. The second kappa shape index (κ2) is 5.92. The molecule has 0 bridgehead atoms. The molecule has 0 unspecified atom stereocenters. The molecule has 1 amide bonds. The van der Waals surface area contributed by atoms with E-state index in [1.54, 1.807) is 24.3 Å². The van der Waals surface area contributed by atoms with Gasteiger partial charge in [0.05, 0.1) is 18.4 Å². The zero-order chi connectivity index (χ0) is 14.7. The maximum absolute atomic E-state index is 12.2. The highest BCUT2D eigenvalue weighted by Gasteiger charge is 2.12. The lowest BCUT2D eigenvalue weighted by Crippen LogP contribution is -2.15. The number of ether oxygens (including phenoxy) is 1. The molecule has 0 atom stereocenters. The van der Waals surface area contributed by atoms with Gasteiger partial charge in [0.25, 0.3) is 5.91 Å². The zero-order valence-electron chi connectivity index (χ0n) is 11.1. The quantitative estimate of drug-likeness (QED) is 0.845. The zero-order valence-corrected chi connectivity index (χ0v) is 12.7. The van der Waals surface area contributed by atoms with Gasteiger partial charge >= 0.3 is 0 Å². The van der Waals surface area contributed by atoms with E-state index in [1.807, 2.05) is 13.0 Å². The van der Waals surface area contributed by atoms with Gasteiger partial charge in [0.1, 0.15) is 11.6 Å². The number of halogens is 1. The van der Waals surface area contributed by atoms with Crippen molar-refractivity contribution in [1.82, 2.24) is 4.98 Å². The molecule has 104 valence electrons. The summed E-state index contributed by atoms with van der Waals surface area (Å²) in [5.41, 5.74) is 7.34. The first-order valence-electron chi connectivity index (χ1n) is 5.89. The van der Waals surface area contributed by atoms with Crippen LogP contribution in [0.25, 0.3) is 0 Å². The first-order chi connectivity index (χ1) is 9.51. The Balaban J connectivity index is 2.25. The van der Waals surface area contributed by atoms with Crippen molar-refractivity contribution in [3.63, 3.8) is 0 Å². The number of carbonyl (C=O) groups excluding carboxylic acids is 1. The summed E-state index contributed by atoms with van der Waals surface area (Å²) in [7, 11) is 1.53. The van der Waals surface area contributed by atoms with Gasteiger partial charge < -0.3 is 15.8 Å². The first-order valence-corrected chi connectivity index (χ1v) is 6.68. The minimum absolute atomic E-state index is 0.323. The standard InChI is InChI=1S/C14H14BrN3O2/c1-8-11(15)4-6-13(17-8)18-14(19)10-7-9(20-2)3-5-12(10)16/h3-7H,16H2,1-2H3,(H,17,18,19). The number of methoxy groups -OCH3 is 1. The van der Waals surface area contributed by atoms with Crippen molar-refractivity contribution in [2.24, 2.45) is 0 Å². The number of rotatable bonds is 3. The summed E-state index contributed by atoms with van der Waals surface area (Å²) in [5.74, 6) is 0.720. The van der Waals surface area contributed by atoms with Gasteiger partial charge in [-0.05, 0) is 53.2 Å². The van der Waals surface area contributed by atoms with Gasteiger partial charge in [0, 0.05) is 10.2 Å². The third kappa shape index (κ3) is 3.08. The molecule has 5 nitrogen and oxygen atoms in total. The number of benzene rings is 1. The van der Waals surface area contributed by atoms with Gasteiger partial charge in [-0.15, -0.1) is 0 Å². The average Bonchev–Trinajstić information content (AvgIpc) is 2.43. The molecular weight excluding hydrogens is 322 g/mol. The highest BCUT2D eigenvalue weighted by molar-refractivity contribution is 9.10. The van der Waals surface area contributed by atoms with Crippen molar-refractivity contribution >= 4 is 33.3 Å². The van der Waals surface area contributed by atoms with Crippen LogP contribution in [0.3, 0.4) is 0 Å². The Labute approximate surface area is 125 Å². The summed E-state index contributed by atoms with van der Waals surface area (Å²) in [6.45, 7) is 1.85. The number of anilines is 2. The number of aryl methyl sites for hydroxylation is 1. The summed E-state index contributed by atoms with van der Waals surface area (Å²) >= 11 is 3.36. The van der Waals surface area contributed by atoms with Gasteiger partial charge in [0.15, 0.2) is 0 Å². The van der Waals surface area contributed by atoms with Crippen LogP contribution in [0.15, 0.2) is 34.8 Å². The molecule has 0 aliphatic heterocycles. The number of aromatic nitrogens is 1. The fourth-order valence-corrected chi connectivity index (χ4v) is 1.88. The van der Waals surface area contributed by atoms with E-state index in [0.717, 1.165) is 10.2 Å². The minimum atomic E-state index is -0.323. The Morgan fingerprint density at radius 2 is 2.10 bits per heavy atom. The molecule has 0 aliphatic carbocycles. The van der Waals surface area contributed by atoms with E-state index >= 15 is 0 Å². The molecule has 0 spiro atoms. The maximum Gasteiger partial charge on any atom is 0.259 e. The second-order valence-corrected chi connectivity index (χ2v) is 5.03. The predicted molar refractivity (Wildman–Crippen MR) is 82.0 cm³/mol. The molecule has 1 aromatic heterocycles. The Hall–Kier alpha value is -2.08.